The number of rotatable bonds is 13. The molecular formula is C53H78O19. The van der Waals surface area contributed by atoms with Gasteiger partial charge in [-0.3, -0.25) is 4.79 Å². The average molecular weight is 1020 g/mol. The fraction of sp³-hybridized carbons (Fsp3) is 0.849. The predicted molar refractivity (Wildman–Crippen MR) is 250 cm³/mol. The van der Waals surface area contributed by atoms with E-state index < -0.39 is 126 Å². The zero-order chi connectivity index (χ0) is 51.3. The van der Waals surface area contributed by atoms with Crippen LogP contribution < -0.4 is 0 Å². The molecule has 72 heavy (non-hydrogen) atoms. The number of methoxy groups -OCH3 is 3. The number of aliphatic hydroxyl groups is 3. The van der Waals surface area contributed by atoms with Crippen molar-refractivity contribution < 1.29 is 91.2 Å². The van der Waals surface area contributed by atoms with Gasteiger partial charge in [0.1, 0.15) is 59.5 Å². The summed E-state index contributed by atoms with van der Waals surface area (Å²) in [6, 6.07) is 8.70. The number of fused-ring (bicyclic) bond motifs is 3. The van der Waals surface area contributed by atoms with Crippen molar-refractivity contribution in [2.75, 3.05) is 27.9 Å². The first kappa shape index (κ1) is 53.0. The van der Waals surface area contributed by atoms with Gasteiger partial charge in [-0.25, -0.2) is 4.79 Å². The normalized spacial score (nSPS) is 51.0. The third-order valence-corrected chi connectivity index (χ3v) is 19.2. The van der Waals surface area contributed by atoms with Gasteiger partial charge in [-0.15, -0.1) is 0 Å². The van der Waals surface area contributed by atoms with Crippen LogP contribution in [-0.4, -0.2) is 176 Å². The SMILES string of the molecule is CO[C@@H]1[C@@H](O)[C@H](O[C@@H]2[C@@H](C)O[C@@H](O[C@H]3[C@@H](OC)C[C@H](O[C@H]4CC[C@@]5(C)[C@@H](CC[C@]67OC8(C)OC[C@]9([C@H](OC(C)=O)C[C@H]56)[C@@]7(CC[C@@]9(O)[C@H](C)OC(=O)c5ccccc5)O8)C4)O[C@@H]3C)C[C@H]2OC)O[C@H](C)[C@H]1O. The Morgan fingerprint density at radius 2 is 1.40 bits per heavy atom. The second-order valence-corrected chi connectivity index (χ2v) is 22.7. The molecule has 3 N–H and O–H groups in total. The highest BCUT2D eigenvalue weighted by Crippen LogP contribution is 2.79. The molecule has 5 aliphatic heterocycles. The summed E-state index contributed by atoms with van der Waals surface area (Å²) in [5.41, 5.74) is -4.96. The lowest BCUT2D eigenvalue weighted by Crippen LogP contribution is -2.81. The first-order valence-corrected chi connectivity index (χ1v) is 26.3. The smallest absolute Gasteiger partial charge is 0.338 e. The largest absolute Gasteiger partial charge is 0.462 e. The molecule has 2 spiro atoms. The maximum atomic E-state index is 13.5. The molecule has 0 aromatic heterocycles. The predicted octanol–water partition coefficient (Wildman–Crippen LogP) is 4.46. The third kappa shape index (κ3) is 8.24. The van der Waals surface area contributed by atoms with Gasteiger partial charge in [0.05, 0.1) is 54.2 Å². The van der Waals surface area contributed by atoms with E-state index in [1.807, 2.05) is 19.9 Å². The Morgan fingerprint density at radius 1 is 0.736 bits per heavy atom. The molecule has 0 amide bonds. The number of hydrogen-bond donors (Lipinski definition) is 3. The van der Waals surface area contributed by atoms with Crippen LogP contribution in [0.15, 0.2) is 30.3 Å². The lowest BCUT2D eigenvalue weighted by Gasteiger charge is -2.69. The number of benzene rings is 1. The van der Waals surface area contributed by atoms with Crippen LogP contribution in [-0.2, 0) is 71.1 Å². The maximum Gasteiger partial charge on any atom is 0.338 e. The van der Waals surface area contributed by atoms with E-state index in [1.54, 1.807) is 59.3 Å². The average Bonchev–Trinajstić information content (AvgIpc) is 3.77. The Morgan fingerprint density at radius 3 is 2.06 bits per heavy atom. The van der Waals surface area contributed by atoms with Crippen molar-refractivity contribution in [2.24, 2.45) is 22.7 Å². The number of aliphatic hydroxyl groups excluding tert-OH is 2. The second kappa shape index (κ2) is 19.5. The van der Waals surface area contributed by atoms with Crippen LogP contribution in [0.25, 0.3) is 0 Å². The Kier molecular flexibility index (Phi) is 14.4. The standard InChI is InChI=1S/C53H78O19/c1-27-41(55)45(61-10)42(56)47(65-27)70-44-29(3)64-40(24-36(44)60-9)69-43-28(2)63-39(23-35(43)59-8)68-34-17-18-48(6)33(22-34)16-19-52-37(48)25-38(67-31(5)54)50-26-62-49(7,71-52)72-53(50,52)21-20-51(50,58)30(4)66-46(57)32-14-12-11-13-15-32/h11-15,27-30,33-45,47,55-56,58H,16-26H2,1-10H3/t27-,28-,29-,30+,33+,34+,35+,36-,37-,38-,39+,40+,41-,42-,43-,44-,45+,47+,48+,49?,50-,51-,52+,53-/m1/s1. The summed E-state index contributed by atoms with van der Waals surface area (Å²) in [6.45, 7) is 12.7. The summed E-state index contributed by atoms with van der Waals surface area (Å²) in [6.07, 6.45) is -5.42. The van der Waals surface area contributed by atoms with Gasteiger partial charge in [0, 0.05) is 53.9 Å². The number of hydrogen-bond acceptors (Lipinski definition) is 19. The van der Waals surface area contributed by atoms with Crippen molar-refractivity contribution in [1.29, 1.82) is 0 Å². The molecule has 9 fully saturated rings. The van der Waals surface area contributed by atoms with Crippen LogP contribution in [0.5, 0.6) is 0 Å². The molecule has 1 aromatic rings. The summed E-state index contributed by atoms with van der Waals surface area (Å²) in [5, 5.41) is 34.6. The van der Waals surface area contributed by atoms with Gasteiger partial charge >= 0.3 is 11.9 Å². The van der Waals surface area contributed by atoms with E-state index >= 15 is 0 Å². The zero-order valence-corrected chi connectivity index (χ0v) is 43.4. The highest BCUT2D eigenvalue weighted by atomic mass is 16.9. The van der Waals surface area contributed by atoms with Gasteiger partial charge in [0.15, 0.2) is 18.9 Å². The van der Waals surface area contributed by atoms with Gasteiger partial charge in [-0.05, 0) is 103 Å². The Bertz CT molecular complexity index is 2120. The molecule has 9 aliphatic rings. The summed E-state index contributed by atoms with van der Waals surface area (Å²) in [7, 11) is 4.67. The van der Waals surface area contributed by atoms with Crippen molar-refractivity contribution in [3.63, 3.8) is 0 Å². The fourth-order valence-corrected chi connectivity index (χ4v) is 15.7. The molecule has 4 saturated carbocycles. The molecule has 24 atom stereocenters. The van der Waals surface area contributed by atoms with Gasteiger partial charge < -0.3 is 81.6 Å². The first-order valence-electron chi connectivity index (χ1n) is 26.3. The van der Waals surface area contributed by atoms with Crippen molar-refractivity contribution in [3.8, 4) is 0 Å². The zero-order valence-electron chi connectivity index (χ0n) is 43.4. The van der Waals surface area contributed by atoms with Gasteiger partial charge in [-0.2, -0.15) is 0 Å². The number of carbonyl (C=O) groups excluding carboxylic acids is 2. The topological polar surface area (TPSA) is 224 Å². The third-order valence-electron chi connectivity index (χ3n) is 19.2. The van der Waals surface area contributed by atoms with Crippen LogP contribution in [0.2, 0.25) is 0 Å². The van der Waals surface area contributed by atoms with E-state index in [9.17, 15) is 24.9 Å². The van der Waals surface area contributed by atoms with Gasteiger partial charge in [0.2, 0.25) is 0 Å². The monoisotopic (exact) mass is 1020 g/mol. The van der Waals surface area contributed by atoms with Crippen LogP contribution in [0.3, 0.4) is 0 Å². The fourth-order valence-electron chi connectivity index (χ4n) is 15.7. The van der Waals surface area contributed by atoms with E-state index in [0.717, 1.165) is 25.7 Å². The van der Waals surface area contributed by atoms with Crippen LogP contribution >= 0.6 is 0 Å². The van der Waals surface area contributed by atoms with E-state index in [4.69, 9.17) is 66.3 Å². The molecule has 4 aliphatic carbocycles. The van der Waals surface area contributed by atoms with Gasteiger partial charge in [-0.1, -0.05) is 25.1 Å². The van der Waals surface area contributed by atoms with Crippen molar-refractivity contribution in [3.05, 3.63) is 35.9 Å². The molecule has 5 heterocycles. The first-order chi connectivity index (χ1) is 34.2. The van der Waals surface area contributed by atoms with E-state index in [0.29, 0.717) is 37.7 Å². The minimum absolute atomic E-state index is 0.00967. The van der Waals surface area contributed by atoms with Gasteiger partial charge in [0.25, 0.3) is 5.97 Å². The molecule has 404 valence electrons. The summed E-state index contributed by atoms with van der Waals surface area (Å²) in [5.74, 6) is -2.36. The summed E-state index contributed by atoms with van der Waals surface area (Å²) in [4.78, 5) is 26.7. The van der Waals surface area contributed by atoms with Crippen LogP contribution in [0.1, 0.15) is 123 Å². The quantitative estimate of drug-likeness (QED) is 0.183. The number of ether oxygens (including phenoxy) is 14. The van der Waals surface area contributed by atoms with Crippen molar-refractivity contribution in [2.45, 2.75) is 234 Å². The molecule has 1 aromatic carbocycles. The van der Waals surface area contributed by atoms with Crippen molar-refractivity contribution in [1.82, 2.24) is 0 Å². The molecule has 5 saturated heterocycles. The highest BCUT2D eigenvalue weighted by molar-refractivity contribution is 5.89. The molecule has 19 heteroatoms. The van der Waals surface area contributed by atoms with Crippen molar-refractivity contribution >= 4 is 11.9 Å². The number of carbonyl (C=O) groups is 2. The minimum atomic E-state index is -1.70. The minimum Gasteiger partial charge on any atom is -0.462 e. The van der Waals surface area contributed by atoms with E-state index in [2.05, 4.69) is 6.92 Å². The highest BCUT2D eigenvalue weighted by Gasteiger charge is 2.91. The Hall–Kier alpha value is -2.44. The summed E-state index contributed by atoms with van der Waals surface area (Å²) < 4.78 is 89.3. The lowest BCUT2D eigenvalue weighted by atomic mass is 9.40. The molecule has 0 radical (unpaired) electrons. The molecule has 19 nitrogen and oxygen atoms in total. The Labute approximate surface area is 422 Å². The molecule has 1 unspecified atom stereocenters. The van der Waals surface area contributed by atoms with Crippen LogP contribution in [0, 0.1) is 22.7 Å². The molecular weight excluding hydrogens is 941 g/mol. The molecule has 2 bridgehead atoms. The lowest BCUT2D eigenvalue weighted by molar-refractivity contribution is -0.405. The maximum absolute atomic E-state index is 13.5. The van der Waals surface area contributed by atoms with E-state index in [-0.39, 0.29) is 42.5 Å². The molecule has 10 rings (SSSR count). The van der Waals surface area contributed by atoms with E-state index in [1.165, 1.54) is 14.0 Å². The van der Waals surface area contributed by atoms with Crippen LogP contribution in [0.4, 0.5) is 0 Å². The summed E-state index contributed by atoms with van der Waals surface area (Å²) >= 11 is 0. The number of esters is 2. The Balaban J connectivity index is 0.810. The second-order valence-electron chi connectivity index (χ2n) is 22.7.